The third kappa shape index (κ3) is 2.68. The summed E-state index contributed by atoms with van der Waals surface area (Å²) in [6.45, 7) is 7.16. The monoisotopic (exact) mass is 279 g/mol. The van der Waals surface area contributed by atoms with E-state index in [-0.39, 0.29) is 0 Å². The predicted molar refractivity (Wildman–Crippen MR) is 84.2 cm³/mol. The molecule has 21 heavy (non-hydrogen) atoms. The SMILES string of the molecule is C=CC[n+]1c(COc2ccccc2C)[nH]c2ccccc21. The van der Waals surface area contributed by atoms with Crippen LogP contribution in [0.25, 0.3) is 11.0 Å². The van der Waals surface area contributed by atoms with Gasteiger partial charge < -0.3 is 4.74 Å². The summed E-state index contributed by atoms with van der Waals surface area (Å²) in [4.78, 5) is 3.43. The Morgan fingerprint density at radius 1 is 1.14 bits per heavy atom. The number of nitrogens with zero attached hydrogens (tertiary/aromatic N) is 1. The molecule has 0 amide bonds. The van der Waals surface area contributed by atoms with E-state index in [1.54, 1.807) is 0 Å². The molecule has 0 saturated carbocycles. The maximum atomic E-state index is 5.95. The highest BCUT2D eigenvalue weighted by Crippen LogP contribution is 2.18. The van der Waals surface area contributed by atoms with Crippen molar-refractivity contribution in [3.63, 3.8) is 0 Å². The van der Waals surface area contributed by atoms with E-state index in [0.29, 0.717) is 6.61 Å². The van der Waals surface area contributed by atoms with E-state index in [0.717, 1.165) is 29.2 Å². The van der Waals surface area contributed by atoms with Crippen LogP contribution in [-0.4, -0.2) is 4.98 Å². The molecule has 3 rings (SSSR count). The molecule has 2 aromatic carbocycles. The fourth-order valence-electron chi connectivity index (χ4n) is 2.50. The lowest BCUT2D eigenvalue weighted by Crippen LogP contribution is -2.36. The van der Waals surface area contributed by atoms with Gasteiger partial charge in [0.15, 0.2) is 17.6 Å². The average Bonchev–Trinajstić information content (AvgIpc) is 2.85. The van der Waals surface area contributed by atoms with Crippen LogP contribution in [0.5, 0.6) is 5.75 Å². The molecule has 3 heteroatoms. The maximum absolute atomic E-state index is 5.95. The quantitative estimate of drug-likeness (QED) is 0.562. The number of aromatic nitrogens is 2. The number of aromatic amines is 1. The molecule has 0 bridgehead atoms. The lowest BCUT2D eigenvalue weighted by Gasteiger charge is -2.06. The van der Waals surface area contributed by atoms with Crippen LogP contribution in [0.1, 0.15) is 11.4 Å². The number of benzene rings is 2. The minimum Gasteiger partial charge on any atom is -0.481 e. The molecule has 0 aliphatic carbocycles. The average molecular weight is 279 g/mol. The molecule has 1 aromatic heterocycles. The Balaban J connectivity index is 1.91. The van der Waals surface area contributed by atoms with Crippen molar-refractivity contribution in [2.75, 3.05) is 0 Å². The van der Waals surface area contributed by atoms with Crippen LogP contribution in [0.15, 0.2) is 61.2 Å². The van der Waals surface area contributed by atoms with E-state index in [4.69, 9.17) is 4.74 Å². The third-order valence-electron chi connectivity index (χ3n) is 3.57. The topological polar surface area (TPSA) is 28.9 Å². The van der Waals surface area contributed by atoms with Crippen LogP contribution < -0.4 is 9.30 Å². The first-order valence-corrected chi connectivity index (χ1v) is 7.08. The molecule has 1 N–H and O–H groups in total. The molecule has 0 spiro atoms. The number of aryl methyl sites for hydroxylation is 1. The summed E-state index contributed by atoms with van der Waals surface area (Å²) in [7, 11) is 0. The Labute approximate surface area is 124 Å². The second kappa shape index (κ2) is 5.83. The van der Waals surface area contributed by atoms with Crippen molar-refractivity contribution in [3.05, 3.63) is 72.6 Å². The fraction of sp³-hybridized carbons (Fsp3) is 0.167. The second-order valence-corrected chi connectivity index (χ2v) is 5.04. The molecule has 0 aliphatic rings. The van der Waals surface area contributed by atoms with Crippen LogP contribution in [0.4, 0.5) is 0 Å². The first kappa shape index (κ1) is 13.4. The first-order valence-electron chi connectivity index (χ1n) is 7.08. The Bertz CT molecular complexity index is 774. The zero-order valence-electron chi connectivity index (χ0n) is 12.2. The van der Waals surface area contributed by atoms with Gasteiger partial charge in [-0.15, -0.1) is 0 Å². The molecule has 106 valence electrons. The van der Waals surface area contributed by atoms with Crippen molar-refractivity contribution in [1.29, 1.82) is 0 Å². The summed E-state index contributed by atoms with van der Waals surface area (Å²) < 4.78 is 8.15. The molecule has 1 heterocycles. The summed E-state index contributed by atoms with van der Waals surface area (Å²) >= 11 is 0. The van der Waals surface area contributed by atoms with Crippen molar-refractivity contribution >= 4 is 11.0 Å². The van der Waals surface area contributed by atoms with E-state index >= 15 is 0 Å². The molecule has 0 saturated heterocycles. The Kier molecular flexibility index (Phi) is 3.73. The van der Waals surface area contributed by atoms with E-state index in [1.165, 1.54) is 5.52 Å². The van der Waals surface area contributed by atoms with Gasteiger partial charge in [0.05, 0.1) is 0 Å². The fourth-order valence-corrected chi connectivity index (χ4v) is 2.50. The van der Waals surface area contributed by atoms with Gasteiger partial charge in [-0.2, -0.15) is 0 Å². The third-order valence-corrected chi connectivity index (χ3v) is 3.57. The summed E-state index contributed by atoms with van der Waals surface area (Å²) in [6.07, 6.45) is 1.90. The van der Waals surface area contributed by atoms with Crippen LogP contribution in [-0.2, 0) is 13.2 Å². The molecular weight excluding hydrogens is 260 g/mol. The maximum Gasteiger partial charge on any atom is 0.294 e. The molecule has 0 radical (unpaired) electrons. The van der Waals surface area contributed by atoms with Gasteiger partial charge in [0, 0.05) is 0 Å². The number of hydrogen-bond acceptors (Lipinski definition) is 1. The zero-order chi connectivity index (χ0) is 14.7. The predicted octanol–water partition coefficient (Wildman–Crippen LogP) is 3.53. The lowest BCUT2D eigenvalue weighted by molar-refractivity contribution is -0.670. The number of ether oxygens (including phenoxy) is 1. The molecule has 0 aliphatic heterocycles. The van der Waals surface area contributed by atoms with E-state index in [2.05, 4.69) is 41.3 Å². The minimum absolute atomic E-state index is 0.507. The van der Waals surface area contributed by atoms with Crippen molar-refractivity contribution in [3.8, 4) is 5.75 Å². The Morgan fingerprint density at radius 3 is 2.71 bits per heavy atom. The van der Waals surface area contributed by atoms with Gasteiger partial charge in [-0.3, -0.25) is 0 Å². The summed E-state index contributed by atoms with van der Waals surface area (Å²) in [5, 5.41) is 0. The van der Waals surface area contributed by atoms with Gasteiger partial charge in [-0.25, -0.2) is 9.55 Å². The number of rotatable bonds is 5. The van der Waals surface area contributed by atoms with E-state index in [1.807, 2.05) is 36.4 Å². The smallest absolute Gasteiger partial charge is 0.294 e. The summed E-state index contributed by atoms with van der Waals surface area (Å²) in [5.74, 6) is 1.96. The van der Waals surface area contributed by atoms with Gasteiger partial charge in [0.2, 0.25) is 0 Å². The van der Waals surface area contributed by atoms with Gasteiger partial charge >= 0.3 is 0 Å². The normalized spacial score (nSPS) is 10.7. The summed E-state index contributed by atoms with van der Waals surface area (Å²) in [6, 6.07) is 16.3. The highest BCUT2D eigenvalue weighted by molar-refractivity contribution is 5.71. The number of hydrogen-bond donors (Lipinski definition) is 1. The molecule has 0 unspecified atom stereocenters. The first-order chi connectivity index (χ1) is 10.3. The van der Waals surface area contributed by atoms with Crippen molar-refractivity contribution < 1.29 is 9.30 Å². The minimum atomic E-state index is 0.507. The number of para-hydroxylation sites is 3. The van der Waals surface area contributed by atoms with Gasteiger partial charge in [-0.05, 0) is 30.7 Å². The van der Waals surface area contributed by atoms with Crippen LogP contribution in [0, 0.1) is 6.92 Å². The number of fused-ring (bicyclic) bond motifs is 1. The highest BCUT2D eigenvalue weighted by Gasteiger charge is 2.17. The molecule has 0 atom stereocenters. The van der Waals surface area contributed by atoms with Gasteiger partial charge in [0.25, 0.3) is 5.82 Å². The molecular formula is C18H19N2O+. The van der Waals surface area contributed by atoms with E-state index in [9.17, 15) is 0 Å². The number of H-pyrrole nitrogens is 1. The molecule has 3 aromatic rings. The van der Waals surface area contributed by atoms with Crippen LogP contribution >= 0.6 is 0 Å². The van der Waals surface area contributed by atoms with Gasteiger partial charge in [0.1, 0.15) is 12.3 Å². The molecule has 3 nitrogen and oxygen atoms in total. The number of imidazole rings is 1. The Hall–Kier alpha value is -2.55. The lowest BCUT2D eigenvalue weighted by atomic mass is 10.2. The molecule has 0 fully saturated rings. The number of allylic oxidation sites excluding steroid dienone is 1. The van der Waals surface area contributed by atoms with Crippen molar-refractivity contribution in [1.82, 2.24) is 4.98 Å². The van der Waals surface area contributed by atoms with Crippen LogP contribution in [0.3, 0.4) is 0 Å². The second-order valence-electron chi connectivity index (χ2n) is 5.04. The highest BCUT2D eigenvalue weighted by atomic mass is 16.5. The van der Waals surface area contributed by atoms with Gasteiger partial charge in [-0.1, -0.05) is 43.0 Å². The zero-order valence-corrected chi connectivity index (χ0v) is 12.2. The Morgan fingerprint density at radius 2 is 1.90 bits per heavy atom. The van der Waals surface area contributed by atoms with Crippen molar-refractivity contribution in [2.24, 2.45) is 0 Å². The largest absolute Gasteiger partial charge is 0.481 e. The van der Waals surface area contributed by atoms with Crippen molar-refractivity contribution in [2.45, 2.75) is 20.1 Å². The summed E-state index contributed by atoms with van der Waals surface area (Å²) in [5.41, 5.74) is 3.42. The standard InChI is InChI=1S/C18H18N2O/c1-3-12-20-16-10-6-5-9-15(16)19-18(20)13-21-17-11-7-4-8-14(17)2/h3-11H,1,12-13H2,2H3/p+1. The van der Waals surface area contributed by atoms with E-state index < -0.39 is 0 Å². The number of nitrogens with one attached hydrogen (secondary N) is 1. The van der Waals surface area contributed by atoms with Crippen LogP contribution in [0.2, 0.25) is 0 Å².